The van der Waals surface area contributed by atoms with Crippen molar-refractivity contribution in [2.75, 3.05) is 30.4 Å². The number of anilines is 2. The van der Waals surface area contributed by atoms with Crippen LogP contribution in [0.3, 0.4) is 0 Å². The van der Waals surface area contributed by atoms with Crippen LogP contribution in [-0.4, -0.2) is 35.8 Å². The van der Waals surface area contributed by atoms with Gasteiger partial charge in [0.25, 0.3) is 0 Å². The second-order valence-electron chi connectivity index (χ2n) is 6.17. The van der Waals surface area contributed by atoms with Gasteiger partial charge < -0.3 is 19.9 Å². The summed E-state index contributed by atoms with van der Waals surface area (Å²) >= 11 is 0. The van der Waals surface area contributed by atoms with Gasteiger partial charge in [-0.3, -0.25) is 4.79 Å². The Morgan fingerprint density at radius 3 is 2.60 bits per heavy atom. The summed E-state index contributed by atoms with van der Waals surface area (Å²) in [5.74, 6) is -0.0547. The molecule has 0 bridgehead atoms. The first kappa shape index (κ1) is 17.0. The average molecular weight is 337 g/mol. The summed E-state index contributed by atoms with van der Waals surface area (Å²) in [7, 11) is 1.92. The number of hydrogen-bond donors (Lipinski definition) is 2. The minimum atomic E-state index is -0.0547. The highest BCUT2D eigenvalue weighted by molar-refractivity contribution is 5.92. The molecule has 1 aromatic heterocycles. The highest BCUT2D eigenvalue weighted by Gasteiger charge is 2.10. The van der Waals surface area contributed by atoms with Gasteiger partial charge >= 0.3 is 0 Å². The number of nitrogens with one attached hydrogen (secondary N) is 1. The molecule has 0 saturated heterocycles. The van der Waals surface area contributed by atoms with Gasteiger partial charge in [0.2, 0.25) is 5.91 Å². The van der Waals surface area contributed by atoms with Gasteiger partial charge in [-0.1, -0.05) is 18.2 Å². The molecule has 0 unspecified atom stereocenters. The highest BCUT2D eigenvalue weighted by atomic mass is 16.3. The van der Waals surface area contributed by atoms with E-state index < -0.39 is 0 Å². The zero-order chi connectivity index (χ0) is 17.8. The number of para-hydroxylation sites is 1. The SMILES string of the molecule is Cc1cc2ccccc2n1CC(=O)Nc1ccc(N(C)CCO)cc1. The maximum Gasteiger partial charge on any atom is 0.244 e. The molecule has 3 rings (SSSR count). The van der Waals surface area contributed by atoms with E-state index in [1.165, 1.54) is 0 Å². The standard InChI is InChI=1S/C20H23N3O2/c1-15-13-16-5-3-4-6-19(16)23(15)14-20(25)21-17-7-9-18(10-8-17)22(2)11-12-24/h3-10,13,24H,11-12,14H2,1-2H3,(H,21,25). The number of fused-ring (bicyclic) bond motifs is 1. The number of nitrogens with zero attached hydrogens (tertiary/aromatic N) is 2. The summed E-state index contributed by atoms with van der Waals surface area (Å²) in [6.07, 6.45) is 0. The fraction of sp³-hybridized carbons (Fsp3) is 0.250. The van der Waals surface area contributed by atoms with E-state index in [1.807, 2.05) is 65.9 Å². The topological polar surface area (TPSA) is 57.5 Å². The van der Waals surface area contributed by atoms with E-state index in [0.29, 0.717) is 6.54 Å². The Morgan fingerprint density at radius 1 is 1.16 bits per heavy atom. The number of aryl methyl sites for hydroxylation is 1. The van der Waals surface area contributed by atoms with Crippen LogP contribution in [-0.2, 0) is 11.3 Å². The molecule has 0 aliphatic heterocycles. The maximum absolute atomic E-state index is 12.4. The Hall–Kier alpha value is -2.79. The number of aliphatic hydroxyl groups excluding tert-OH is 1. The van der Waals surface area contributed by atoms with Crippen molar-refractivity contribution in [3.63, 3.8) is 0 Å². The quantitative estimate of drug-likeness (QED) is 0.727. The lowest BCUT2D eigenvalue weighted by atomic mass is 10.2. The summed E-state index contributed by atoms with van der Waals surface area (Å²) in [6, 6.07) is 17.8. The van der Waals surface area contributed by atoms with E-state index in [4.69, 9.17) is 5.11 Å². The largest absolute Gasteiger partial charge is 0.395 e. The second-order valence-corrected chi connectivity index (χ2v) is 6.17. The molecular weight excluding hydrogens is 314 g/mol. The summed E-state index contributed by atoms with van der Waals surface area (Å²) in [4.78, 5) is 14.4. The molecule has 130 valence electrons. The fourth-order valence-electron chi connectivity index (χ4n) is 2.98. The van der Waals surface area contributed by atoms with Crippen molar-refractivity contribution >= 4 is 28.2 Å². The molecule has 0 spiro atoms. The number of likely N-dealkylation sites (N-methyl/N-ethyl adjacent to an activating group) is 1. The van der Waals surface area contributed by atoms with Crippen molar-refractivity contribution in [3.05, 3.63) is 60.3 Å². The van der Waals surface area contributed by atoms with Crippen molar-refractivity contribution < 1.29 is 9.90 Å². The Labute approximate surface area is 147 Å². The van der Waals surface area contributed by atoms with Crippen LogP contribution >= 0.6 is 0 Å². The van der Waals surface area contributed by atoms with Crippen LogP contribution < -0.4 is 10.2 Å². The first-order chi connectivity index (χ1) is 12.1. The lowest BCUT2D eigenvalue weighted by Gasteiger charge is -2.18. The molecule has 0 saturated carbocycles. The summed E-state index contributed by atoms with van der Waals surface area (Å²) in [5, 5.41) is 13.1. The second kappa shape index (κ2) is 7.40. The molecule has 5 nitrogen and oxygen atoms in total. The number of carbonyl (C=O) groups excluding carboxylic acids is 1. The van der Waals surface area contributed by atoms with Gasteiger partial charge in [0.1, 0.15) is 6.54 Å². The fourth-order valence-corrected chi connectivity index (χ4v) is 2.98. The van der Waals surface area contributed by atoms with E-state index >= 15 is 0 Å². The zero-order valence-corrected chi connectivity index (χ0v) is 14.6. The number of hydrogen-bond acceptors (Lipinski definition) is 3. The first-order valence-corrected chi connectivity index (χ1v) is 8.35. The minimum Gasteiger partial charge on any atom is -0.395 e. The number of carbonyl (C=O) groups is 1. The third kappa shape index (κ3) is 3.83. The molecule has 25 heavy (non-hydrogen) atoms. The smallest absolute Gasteiger partial charge is 0.244 e. The molecule has 0 aliphatic carbocycles. The van der Waals surface area contributed by atoms with Crippen molar-refractivity contribution in [2.45, 2.75) is 13.5 Å². The molecule has 0 aliphatic rings. The van der Waals surface area contributed by atoms with E-state index in [1.54, 1.807) is 0 Å². The predicted molar refractivity (Wildman–Crippen MR) is 102 cm³/mol. The van der Waals surface area contributed by atoms with Crippen LogP contribution in [0, 0.1) is 6.92 Å². The first-order valence-electron chi connectivity index (χ1n) is 8.35. The zero-order valence-electron chi connectivity index (χ0n) is 14.6. The number of benzene rings is 2. The monoisotopic (exact) mass is 337 g/mol. The van der Waals surface area contributed by atoms with Crippen LogP contribution in [0.5, 0.6) is 0 Å². The van der Waals surface area contributed by atoms with Crippen LogP contribution in [0.15, 0.2) is 54.6 Å². The van der Waals surface area contributed by atoms with E-state index in [0.717, 1.165) is 28.0 Å². The average Bonchev–Trinajstić information content (AvgIpc) is 2.91. The van der Waals surface area contributed by atoms with Crippen molar-refractivity contribution in [1.29, 1.82) is 0 Å². The van der Waals surface area contributed by atoms with Crippen molar-refractivity contribution in [3.8, 4) is 0 Å². The van der Waals surface area contributed by atoms with E-state index in [9.17, 15) is 4.79 Å². The van der Waals surface area contributed by atoms with Crippen LogP contribution in [0.4, 0.5) is 11.4 Å². The van der Waals surface area contributed by atoms with Crippen LogP contribution in [0.25, 0.3) is 10.9 Å². The lowest BCUT2D eigenvalue weighted by molar-refractivity contribution is -0.116. The van der Waals surface area contributed by atoms with Gasteiger partial charge in [-0.15, -0.1) is 0 Å². The Bertz CT molecular complexity index is 868. The molecule has 0 fully saturated rings. The molecule has 0 radical (unpaired) electrons. The van der Waals surface area contributed by atoms with Crippen molar-refractivity contribution in [2.24, 2.45) is 0 Å². The number of rotatable bonds is 6. The third-order valence-electron chi connectivity index (χ3n) is 4.35. The van der Waals surface area contributed by atoms with Gasteiger partial charge in [-0.05, 0) is 48.7 Å². The van der Waals surface area contributed by atoms with Crippen LogP contribution in [0.2, 0.25) is 0 Å². The molecular formula is C20H23N3O2. The normalized spacial score (nSPS) is 10.8. The summed E-state index contributed by atoms with van der Waals surface area (Å²) in [6.45, 7) is 2.98. The Kier molecular flexibility index (Phi) is 5.05. The van der Waals surface area contributed by atoms with Gasteiger partial charge in [0, 0.05) is 36.2 Å². The summed E-state index contributed by atoms with van der Waals surface area (Å²) < 4.78 is 2.02. The molecule has 1 amide bonds. The van der Waals surface area contributed by atoms with Gasteiger partial charge in [0.15, 0.2) is 0 Å². The van der Waals surface area contributed by atoms with Gasteiger partial charge in [-0.2, -0.15) is 0 Å². The minimum absolute atomic E-state index is 0.0547. The lowest BCUT2D eigenvalue weighted by Crippen LogP contribution is -2.21. The number of aromatic nitrogens is 1. The third-order valence-corrected chi connectivity index (χ3v) is 4.35. The number of amides is 1. The Morgan fingerprint density at radius 2 is 1.88 bits per heavy atom. The molecule has 2 aromatic carbocycles. The van der Waals surface area contributed by atoms with E-state index in [2.05, 4.69) is 17.4 Å². The van der Waals surface area contributed by atoms with Crippen molar-refractivity contribution in [1.82, 2.24) is 4.57 Å². The molecule has 0 atom stereocenters. The molecule has 1 heterocycles. The molecule has 3 aromatic rings. The summed E-state index contributed by atoms with van der Waals surface area (Å²) in [5.41, 5.74) is 3.90. The maximum atomic E-state index is 12.4. The molecule has 2 N–H and O–H groups in total. The number of aliphatic hydroxyl groups is 1. The predicted octanol–water partition coefficient (Wildman–Crippen LogP) is 3.02. The van der Waals surface area contributed by atoms with Gasteiger partial charge in [0.05, 0.1) is 6.61 Å². The Balaban J connectivity index is 1.69. The van der Waals surface area contributed by atoms with E-state index in [-0.39, 0.29) is 19.1 Å². The highest BCUT2D eigenvalue weighted by Crippen LogP contribution is 2.20. The van der Waals surface area contributed by atoms with Gasteiger partial charge in [-0.25, -0.2) is 0 Å². The molecule has 5 heteroatoms. The van der Waals surface area contributed by atoms with Crippen LogP contribution in [0.1, 0.15) is 5.69 Å².